The van der Waals surface area contributed by atoms with Crippen LogP contribution in [0.5, 0.6) is 0 Å². The maximum atomic E-state index is 10.9. The van der Waals surface area contributed by atoms with Crippen LogP contribution in [0.15, 0.2) is 17.5 Å². The van der Waals surface area contributed by atoms with Crippen LogP contribution in [-0.4, -0.2) is 24.9 Å². The first-order valence-electron chi connectivity index (χ1n) is 3.90. The molecule has 0 saturated carbocycles. The zero-order valence-electron chi connectivity index (χ0n) is 7.67. The Labute approximate surface area is 94.9 Å². The van der Waals surface area contributed by atoms with Crippen molar-refractivity contribution in [1.29, 1.82) is 0 Å². The number of rotatable bonds is 3. The van der Waals surface area contributed by atoms with Crippen LogP contribution in [0.1, 0.15) is 0 Å². The number of anilines is 1. The van der Waals surface area contributed by atoms with Crippen LogP contribution in [0.3, 0.4) is 0 Å². The highest BCUT2D eigenvalue weighted by atomic mass is 32.2. The molecule has 0 bridgehead atoms. The summed E-state index contributed by atoms with van der Waals surface area (Å²) in [4.78, 5) is 0.981. The molecule has 2 heterocycles. The highest BCUT2D eigenvalue weighted by Crippen LogP contribution is 2.29. The van der Waals surface area contributed by atoms with Crippen LogP contribution in [0.4, 0.5) is 5.13 Å². The van der Waals surface area contributed by atoms with Crippen molar-refractivity contribution in [2.45, 2.75) is 0 Å². The zero-order valence-corrected chi connectivity index (χ0v) is 10.1. The van der Waals surface area contributed by atoms with Gasteiger partial charge in [0, 0.05) is 0 Å². The van der Waals surface area contributed by atoms with E-state index < -0.39 is 10.0 Å². The summed E-state index contributed by atoms with van der Waals surface area (Å²) < 4.78 is 24.1. The Morgan fingerprint density at radius 2 is 2.20 bits per heavy atom. The second-order valence-corrected chi connectivity index (χ2v) is 6.44. The van der Waals surface area contributed by atoms with E-state index in [1.807, 2.05) is 17.5 Å². The summed E-state index contributed by atoms with van der Waals surface area (Å²) in [6.45, 7) is 0. The van der Waals surface area contributed by atoms with Gasteiger partial charge in [-0.25, -0.2) is 8.42 Å². The molecule has 0 fully saturated rings. The molecule has 0 aliphatic carbocycles. The number of thiophene rings is 1. The number of sulfonamides is 1. The fourth-order valence-corrected chi connectivity index (χ4v) is 3.29. The van der Waals surface area contributed by atoms with Crippen molar-refractivity contribution in [3.8, 4) is 9.88 Å². The van der Waals surface area contributed by atoms with Gasteiger partial charge in [-0.15, -0.1) is 21.5 Å². The van der Waals surface area contributed by atoms with E-state index >= 15 is 0 Å². The average Bonchev–Trinajstić information content (AvgIpc) is 2.68. The molecular weight excluding hydrogens is 254 g/mol. The molecule has 15 heavy (non-hydrogen) atoms. The molecule has 0 aromatic carbocycles. The number of hydrogen-bond donors (Lipinski definition) is 1. The molecule has 0 spiro atoms. The van der Waals surface area contributed by atoms with E-state index in [9.17, 15) is 8.42 Å². The summed E-state index contributed by atoms with van der Waals surface area (Å²) in [5.41, 5.74) is 0. The zero-order chi connectivity index (χ0) is 10.9. The summed E-state index contributed by atoms with van der Waals surface area (Å²) >= 11 is 2.75. The van der Waals surface area contributed by atoms with Gasteiger partial charge in [-0.2, -0.15) is 0 Å². The minimum atomic E-state index is -3.27. The van der Waals surface area contributed by atoms with Gasteiger partial charge in [0.05, 0.1) is 11.1 Å². The predicted molar refractivity (Wildman–Crippen MR) is 61.7 cm³/mol. The molecule has 0 unspecified atom stereocenters. The molecule has 0 atom stereocenters. The first kappa shape index (κ1) is 10.5. The van der Waals surface area contributed by atoms with Gasteiger partial charge in [-0.1, -0.05) is 17.4 Å². The van der Waals surface area contributed by atoms with E-state index in [4.69, 9.17) is 0 Å². The quantitative estimate of drug-likeness (QED) is 0.911. The largest absolute Gasteiger partial charge is 0.257 e. The van der Waals surface area contributed by atoms with E-state index in [0.29, 0.717) is 5.13 Å². The molecule has 0 radical (unpaired) electrons. The van der Waals surface area contributed by atoms with E-state index in [-0.39, 0.29) is 0 Å². The summed E-state index contributed by atoms with van der Waals surface area (Å²) in [5, 5.41) is 10.6. The van der Waals surface area contributed by atoms with Crippen LogP contribution in [0, 0.1) is 0 Å². The Bertz CT molecular complexity index is 544. The molecule has 1 N–H and O–H groups in total. The van der Waals surface area contributed by atoms with Gasteiger partial charge in [0.25, 0.3) is 0 Å². The molecule has 80 valence electrons. The van der Waals surface area contributed by atoms with Crippen LogP contribution >= 0.6 is 22.7 Å². The maximum Gasteiger partial charge on any atom is 0.231 e. The summed E-state index contributed by atoms with van der Waals surface area (Å²) in [5.74, 6) is 0. The third kappa shape index (κ3) is 2.74. The average molecular weight is 261 g/mol. The van der Waals surface area contributed by atoms with E-state index in [2.05, 4.69) is 14.9 Å². The fourth-order valence-electron chi connectivity index (χ4n) is 0.923. The number of nitrogens with zero attached hydrogens (tertiary/aromatic N) is 2. The lowest BCUT2D eigenvalue weighted by atomic mass is 10.5. The first-order valence-corrected chi connectivity index (χ1v) is 7.48. The van der Waals surface area contributed by atoms with Crippen LogP contribution in [0.25, 0.3) is 9.88 Å². The molecule has 2 aromatic heterocycles. The van der Waals surface area contributed by atoms with E-state index in [0.717, 1.165) is 16.1 Å². The minimum Gasteiger partial charge on any atom is -0.257 e. The first-order chi connectivity index (χ1) is 7.04. The van der Waals surface area contributed by atoms with Crippen molar-refractivity contribution in [3.63, 3.8) is 0 Å². The van der Waals surface area contributed by atoms with Gasteiger partial charge in [0.1, 0.15) is 0 Å². The fraction of sp³-hybridized carbons (Fsp3) is 0.143. The number of aromatic nitrogens is 2. The van der Waals surface area contributed by atoms with E-state index in [1.54, 1.807) is 0 Å². The standard InChI is InChI=1S/C7H7N3O2S3/c1-15(11,12)10-7-9-8-6(14-7)5-3-2-4-13-5/h2-4H,1H3,(H,9,10). The smallest absolute Gasteiger partial charge is 0.231 e. The Morgan fingerprint density at radius 1 is 1.40 bits per heavy atom. The lowest BCUT2D eigenvalue weighted by molar-refractivity contribution is 0.606. The van der Waals surface area contributed by atoms with Gasteiger partial charge in [-0.3, -0.25) is 4.72 Å². The Kier molecular flexibility index (Phi) is 2.72. The SMILES string of the molecule is CS(=O)(=O)Nc1nnc(-c2cccs2)s1. The molecule has 0 aliphatic rings. The summed E-state index contributed by atoms with van der Waals surface area (Å²) in [6.07, 6.45) is 1.08. The normalized spacial score (nSPS) is 11.5. The molecule has 2 aromatic rings. The molecular formula is C7H7N3O2S3. The van der Waals surface area contributed by atoms with Gasteiger partial charge in [0.2, 0.25) is 15.2 Å². The number of hydrogen-bond acceptors (Lipinski definition) is 6. The molecule has 2 rings (SSSR count). The third-order valence-electron chi connectivity index (χ3n) is 1.43. The lowest BCUT2D eigenvalue weighted by Gasteiger charge is -1.94. The van der Waals surface area contributed by atoms with Gasteiger partial charge >= 0.3 is 0 Å². The second-order valence-electron chi connectivity index (χ2n) is 2.76. The summed E-state index contributed by atoms with van der Waals surface area (Å²) in [7, 11) is -3.27. The topological polar surface area (TPSA) is 72.0 Å². The van der Waals surface area contributed by atoms with Crippen molar-refractivity contribution in [1.82, 2.24) is 10.2 Å². The van der Waals surface area contributed by atoms with Crippen LogP contribution < -0.4 is 4.72 Å². The van der Waals surface area contributed by atoms with Crippen molar-refractivity contribution < 1.29 is 8.42 Å². The number of nitrogens with one attached hydrogen (secondary N) is 1. The van der Waals surface area contributed by atoms with Crippen LogP contribution in [0.2, 0.25) is 0 Å². The monoisotopic (exact) mass is 261 g/mol. The Balaban J connectivity index is 2.25. The predicted octanol–water partition coefficient (Wildman–Crippen LogP) is 1.64. The highest BCUT2D eigenvalue weighted by Gasteiger charge is 2.10. The molecule has 0 saturated heterocycles. The van der Waals surface area contributed by atoms with Gasteiger partial charge in [-0.05, 0) is 11.4 Å². The van der Waals surface area contributed by atoms with Crippen molar-refractivity contribution in [2.75, 3.05) is 11.0 Å². The van der Waals surface area contributed by atoms with Gasteiger partial charge in [0.15, 0.2) is 5.01 Å². The molecule has 8 heteroatoms. The molecule has 0 aliphatic heterocycles. The third-order valence-corrected chi connectivity index (χ3v) is 4.00. The Hall–Kier alpha value is -0.990. The van der Waals surface area contributed by atoms with Crippen LogP contribution in [-0.2, 0) is 10.0 Å². The van der Waals surface area contributed by atoms with Crippen molar-refractivity contribution in [2.24, 2.45) is 0 Å². The van der Waals surface area contributed by atoms with Gasteiger partial charge < -0.3 is 0 Å². The lowest BCUT2D eigenvalue weighted by Crippen LogP contribution is -2.08. The highest BCUT2D eigenvalue weighted by molar-refractivity contribution is 7.92. The second kappa shape index (κ2) is 3.87. The Morgan fingerprint density at radius 3 is 2.80 bits per heavy atom. The molecule has 5 nitrogen and oxygen atoms in total. The minimum absolute atomic E-state index is 0.293. The molecule has 0 amide bonds. The van der Waals surface area contributed by atoms with E-state index in [1.165, 1.54) is 22.7 Å². The maximum absolute atomic E-state index is 10.9. The van der Waals surface area contributed by atoms with Crippen molar-refractivity contribution >= 4 is 37.8 Å². The summed E-state index contributed by atoms with van der Waals surface area (Å²) in [6, 6.07) is 3.82. The van der Waals surface area contributed by atoms with Crippen molar-refractivity contribution in [3.05, 3.63) is 17.5 Å².